The molecule has 4 nitrogen and oxygen atoms in total. The molecule has 2 heterocycles. The van der Waals surface area contributed by atoms with Gasteiger partial charge in [-0.1, -0.05) is 12.1 Å². The van der Waals surface area contributed by atoms with Crippen LogP contribution in [0.5, 0.6) is 5.75 Å². The predicted octanol–water partition coefficient (Wildman–Crippen LogP) is 3.63. The van der Waals surface area contributed by atoms with Gasteiger partial charge in [-0.3, -0.25) is 0 Å². The van der Waals surface area contributed by atoms with E-state index in [0.29, 0.717) is 29.4 Å². The van der Waals surface area contributed by atoms with E-state index in [4.69, 9.17) is 10.5 Å². The summed E-state index contributed by atoms with van der Waals surface area (Å²) in [6.45, 7) is 4.69. The van der Waals surface area contributed by atoms with E-state index in [-0.39, 0.29) is 23.9 Å². The summed E-state index contributed by atoms with van der Waals surface area (Å²) in [5, 5.41) is 19.5. The first kappa shape index (κ1) is 19.2. The molecule has 6 atom stereocenters. The normalized spacial score (nSPS) is 40.8. The van der Waals surface area contributed by atoms with Gasteiger partial charge in [0, 0.05) is 18.6 Å². The first-order chi connectivity index (χ1) is 12.8. The maximum Gasteiger partial charge on any atom is 0.115 e. The minimum absolute atomic E-state index is 0.112. The molecule has 0 aromatic heterocycles. The number of aromatic hydroxyl groups is 1. The third-order valence-corrected chi connectivity index (χ3v) is 7.70. The fourth-order valence-corrected chi connectivity index (χ4v) is 6.54. The highest BCUT2D eigenvalue weighted by atomic mass is 16.5. The van der Waals surface area contributed by atoms with Crippen LogP contribution in [0.15, 0.2) is 24.3 Å². The fourth-order valence-electron chi connectivity index (χ4n) is 6.54. The van der Waals surface area contributed by atoms with Crippen LogP contribution in [0.1, 0.15) is 57.9 Å². The molecule has 0 radical (unpaired) electrons. The minimum Gasteiger partial charge on any atom is -0.508 e. The summed E-state index contributed by atoms with van der Waals surface area (Å²) in [6, 6.07) is 7.81. The van der Waals surface area contributed by atoms with Crippen molar-refractivity contribution in [1.82, 2.24) is 0 Å². The number of aliphatic hydroxyl groups excluding tert-OH is 1. The lowest BCUT2D eigenvalue weighted by atomic mass is 9.57. The van der Waals surface area contributed by atoms with Crippen LogP contribution < -0.4 is 5.73 Å². The van der Waals surface area contributed by atoms with E-state index in [2.05, 4.69) is 13.8 Å². The molecule has 1 aromatic rings. The zero-order valence-electron chi connectivity index (χ0n) is 16.7. The van der Waals surface area contributed by atoms with Crippen LogP contribution >= 0.6 is 0 Å². The van der Waals surface area contributed by atoms with Gasteiger partial charge in [-0.15, -0.1) is 0 Å². The van der Waals surface area contributed by atoms with Gasteiger partial charge in [-0.05, 0) is 94.2 Å². The van der Waals surface area contributed by atoms with Crippen LogP contribution in [-0.4, -0.2) is 34.1 Å². The predicted molar refractivity (Wildman–Crippen MR) is 106 cm³/mol. The molecular formula is C23H35NO3. The molecule has 1 aromatic carbocycles. The summed E-state index contributed by atoms with van der Waals surface area (Å²) in [5.41, 5.74) is 7.58. The molecule has 0 spiro atoms. The summed E-state index contributed by atoms with van der Waals surface area (Å²) in [6.07, 6.45) is 7.51. The molecular weight excluding hydrogens is 338 g/mol. The van der Waals surface area contributed by atoms with Crippen molar-refractivity contribution in [3.05, 3.63) is 29.8 Å². The Bertz CT molecular complexity index is 658. The average molecular weight is 374 g/mol. The maximum absolute atomic E-state index is 9.95. The van der Waals surface area contributed by atoms with Crippen molar-refractivity contribution >= 4 is 0 Å². The number of ether oxygens (including phenoxy) is 1. The third-order valence-electron chi connectivity index (χ3n) is 7.70. The summed E-state index contributed by atoms with van der Waals surface area (Å²) in [5.74, 6) is 2.14. The summed E-state index contributed by atoms with van der Waals surface area (Å²) < 4.78 is 6.78. The van der Waals surface area contributed by atoms with Crippen LogP contribution in [0.2, 0.25) is 0 Å². The number of phenolic OH excluding ortho intramolecular Hbond substituents is 1. The molecule has 0 amide bonds. The standard InChI is InChI=1S/C23H35NO3/c1-22(2)20-7-8-23(27-22,13-21(20)24)18-11-16(10-17(12-18)14-25)9-15-3-5-19(26)6-4-15/h3-6,16-18,20-21,25-26H,7-14,24H2,1-2H3/t16-,17+,18-,20-,21+,23+/m1/s1. The van der Waals surface area contributed by atoms with Gasteiger partial charge in [0.05, 0.1) is 11.2 Å². The Labute approximate surface area is 163 Å². The zero-order valence-corrected chi connectivity index (χ0v) is 16.7. The van der Waals surface area contributed by atoms with Crippen LogP contribution in [0, 0.1) is 23.7 Å². The molecule has 27 heavy (non-hydrogen) atoms. The quantitative estimate of drug-likeness (QED) is 0.753. The third kappa shape index (κ3) is 3.64. The van der Waals surface area contributed by atoms with Gasteiger partial charge in [0.15, 0.2) is 0 Å². The van der Waals surface area contributed by atoms with Crippen LogP contribution in [-0.2, 0) is 11.2 Å². The lowest BCUT2D eigenvalue weighted by Gasteiger charge is -2.61. The van der Waals surface area contributed by atoms with E-state index in [1.165, 1.54) is 5.56 Å². The van der Waals surface area contributed by atoms with E-state index in [1.807, 2.05) is 12.1 Å². The number of phenols is 1. The van der Waals surface area contributed by atoms with Crippen molar-refractivity contribution in [3.8, 4) is 5.75 Å². The Morgan fingerprint density at radius 2 is 1.81 bits per heavy atom. The molecule has 5 rings (SSSR count). The van der Waals surface area contributed by atoms with Crippen molar-refractivity contribution in [1.29, 1.82) is 0 Å². The second kappa shape index (κ2) is 7.06. The second-order valence-electron chi connectivity index (χ2n) is 9.97. The number of fused-ring (bicyclic) bond motifs is 3. The molecule has 2 aliphatic carbocycles. The lowest BCUT2D eigenvalue weighted by Crippen LogP contribution is -2.66. The molecule has 150 valence electrons. The Morgan fingerprint density at radius 1 is 1.11 bits per heavy atom. The lowest BCUT2D eigenvalue weighted by molar-refractivity contribution is -0.270. The van der Waals surface area contributed by atoms with Crippen molar-refractivity contribution in [2.45, 2.75) is 76.0 Å². The number of hydrogen-bond donors (Lipinski definition) is 3. The average Bonchev–Trinajstić information content (AvgIpc) is 2.62. The molecule has 2 saturated heterocycles. The van der Waals surface area contributed by atoms with Crippen molar-refractivity contribution in [2.75, 3.05) is 6.61 Å². The van der Waals surface area contributed by atoms with Crippen LogP contribution in [0.3, 0.4) is 0 Å². The molecule has 2 saturated carbocycles. The Morgan fingerprint density at radius 3 is 2.44 bits per heavy atom. The topological polar surface area (TPSA) is 75.7 Å². The van der Waals surface area contributed by atoms with Gasteiger partial charge in [-0.25, -0.2) is 0 Å². The molecule has 4 aliphatic rings. The Hall–Kier alpha value is -1.10. The second-order valence-corrected chi connectivity index (χ2v) is 9.97. The minimum atomic E-state index is -0.144. The van der Waals surface area contributed by atoms with E-state index in [9.17, 15) is 10.2 Å². The highest BCUT2D eigenvalue weighted by molar-refractivity contribution is 5.26. The van der Waals surface area contributed by atoms with Gasteiger partial charge in [0.25, 0.3) is 0 Å². The smallest absolute Gasteiger partial charge is 0.115 e. The van der Waals surface area contributed by atoms with E-state index >= 15 is 0 Å². The van der Waals surface area contributed by atoms with Gasteiger partial charge in [-0.2, -0.15) is 0 Å². The number of benzene rings is 1. The highest BCUT2D eigenvalue weighted by Gasteiger charge is 2.58. The fraction of sp³-hybridized carbons (Fsp3) is 0.739. The largest absolute Gasteiger partial charge is 0.508 e. The number of hydrogen-bond acceptors (Lipinski definition) is 4. The van der Waals surface area contributed by atoms with Crippen LogP contribution in [0.25, 0.3) is 0 Å². The SMILES string of the molecule is CC1(C)O[C@@]2([C@@H]3C[C@H](Cc4ccc(O)cc4)C[C@H](CO)C3)CC[C@@H]1[C@@H](N)C2. The van der Waals surface area contributed by atoms with E-state index < -0.39 is 0 Å². The number of nitrogens with two attached hydrogens (primary N) is 1. The molecule has 4 heteroatoms. The van der Waals surface area contributed by atoms with Crippen molar-refractivity contribution in [2.24, 2.45) is 29.4 Å². The molecule has 0 unspecified atom stereocenters. The van der Waals surface area contributed by atoms with Crippen molar-refractivity contribution < 1.29 is 14.9 Å². The first-order valence-corrected chi connectivity index (χ1v) is 10.7. The van der Waals surface area contributed by atoms with Gasteiger partial charge in [0.2, 0.25) is 0 Å². The summed E-state index contributed by atoms with van der Waals surface area (Å²) in [4.78, 5) is 0. The van der Waals surface area contributed by atoms with E-state index in [0.717, 1.165) is 44.9 Å². The maximum atomic E-state index is 9.95. The molecule has 2 bridgehead atoms. The Balaban J connectivity index is 1.54. The molecule has 4 N–H and O–H groups in total. The molecule has 2 aliphatic heterocycles. The van der Waals surface area contributed by atoms with Gasteiger partial charge in [0.1, 0.15) is 5.75 Å². The highest BCUT2D eigenvalue weighted by Crippen LogP contribution is 2.56. The Kier molecular flexibility index (Phi) is 5.02. The number of rotatable bonds is 4. The number of aliphatic hydroxyl groups is 1. The van der Waals surface area contributed by atoms with Gasteiger partial charge >= 0.3 is 0 Å². The van der Waals surface area contributed by atoms with Gasteiger partial charge < -0.3 is 20.7 Å². The van der Waals surface area contributed by atoms with E-state index in [1.54, 1.807) is 12.1 Å². The molecule has 4 fully saturated rings. The van der Waals surface area contributed by atoms with Crippen LogP contribution in [0.4, 0.5) is 0 Å². The zero-order chi connectivity index (χ0) is 19.2. The summed E-state index contributed by atoms with van der Waals surface area (Å²) >= 11 is 0. The van der Waals surface area contributed by atoms with Crippen molar-refractivity contribution in [3.63, 3.8) is 0 Å². The monoisotopic (exact) mass is 373 g/mol. The first-order valence-electron chi connectivity index (χ1n) is 10.7. The summed E-state index contributed by atoms with van der Waals surface area (Å²) in [7, 11) is 0.